The highest BCUT2D eigenvalue weighted by Crippen LogP contribution is 2.42. The molecule has 2 unspecified atom stereocenters. The van der Waals surface area contributed by atoms with E-state index in [4.69, 9.17) is 4.74 Å². The topological polar surface area (TPSA) is 79.7 Å². The first kappa shape index (κ1) is 20.0. The van der Waals surface area contributed by atoms with Crippen molar-refractivity contribution < 1.29 is 19.4 Å². The smallest absolute Gasteiger partial charge is 0.300 e. The minimum Gasteiger partial charge on any atom is -0.507 e. The van der Waals surface area contributed by atoms with Crippen molar-refractivity contribution in [2.24, 2.45) is 0 Å². The molecule has 160 valence electrons. The lowest BCUT2D eigenvalue weighted by atomic mass is 9.96. The van der Waals surface area contributed by atoms with E-state index in [1.807, 2.05) is 32.0 Å². The zero-order valence-electron chi connectivity index (χ0n) is 17.8. The van der Waals surface area contributed by atoms with Gasteiger partial charge in [-0.3, -0.25) is 19.5 Å². The third kappa shape index (κ3) is 3.24. The SMILES string of the molecule is Cc1ccc(N2C(=O)C(=O)/C(=C(\O)c3ccc4c(c3)CC(C)O4)C2c2ccccn2)cc1. The molecule has 6 heteroatoms. The molecular weight excluding hydrogens is 404 g/mol. The Bertz CT molecular complexity index is 1250. The van der Waals surface area contributed by atoms with Crippen molar-refractivity contribution in [3.8, 4) is 5.75 Å². The molecule has 1 amide bonds. The van der Waals surface area contributed by atoms with Gasteiger partial charge in [-0.25, -0.2) is 0 Å². The van der Waals surface area contributed by atoms with Crippen LogP contribution in [-0.4, -0.2) is 27.9 Å². The van der Waals surface area contributed by atoms with Gasteiger partial charge in [0.25, 0.3) is 11.7 Å². The zero-order chi connectivity index (χ0) is 22.4. The summed E-state index contributed by atoms with van der Waals surface area (Å²) in [5.74, 6) is -0.862. The third-order valence-electron chi connectivity index (χ3n) is 5.89. The van der Waals surface area contributed by atoms with Crippen LogP contribution in [0.15, 0.2) is 72.4 Å². The van der Waals surface area contributed by atoms with Gasteiger partial charge in [-0.1, -0.05) is 23.8 Å². The van der Waals surface area contributed by atoms with Gasteiger partial charge >= 0.3 is 0 Å². The van der Waals surface area contributed by atoms with Crippen LogP contribution in [0.1, 0.15) is 35.3 Å². The Morgan fingerprint density at radius 2 is 1.88 bits per heavy atom. The quantitative estimate of drug-likeness (QED) is 0.383. The van der Waals surface area contributed by atoms with Gasteiger partial charge in [0.1, 0.15) is 23.7 Å². The number of anilines is 1. The van der Waals surface area contributed by atoms with E-state index in [1.165, 1.54) is 4.90 Å². The standard InChI is InChI=1S/C26H22N2O4/c1-15-6-9-19(10-7-15)28-23(20-5-3-4-12-27-20)22(25(30)26(28)31)24(29)17-8-11-21-18(14-17)13-16(2)32-21/h3-12,14,16,23,29H,13H2,1-2H3/b24-22-. The van der Waals surface area contributed by atoms with Gasteiger partial charge in [0.2, 0.25) is 0 Å². The summed E-state index contributed by atoms with van der Waals surface area (Å²) in [6, 6.07) is 17.2. The van der Waals surface area contributed by atoms with Crippen molar-refractivity contribution in [1.29, 1.82) is 0 Å². The number of fused-ring (bicyclic) bond motifs is 1. The predicted octanol–water partition coefficient (Wildman–Crippen LogP) is 4.34. The monoisotopic (exact) mass is 426 g/mol. The van der Waals surface area contributed by atoms with Crippen LogP contribution >= 0.6 is 0 Å². The molecule has 0 radical (unpaired) electrons. The Kier molecular flexibility index (Phi) is 4.78. The number of carbonyl (C=O) groups excluding carboxylic acids is 2. The number of benzene rings is 2. The number of hydrogen-bond acceptors (Lipinski definition) is 5. The van der Waals surface area contributed by atoms with Crippen molar-refractivity contribution in [3.05, 3.63) is 94.8 Å². The van der Waals surface area contributed by atoms with Crippen LogP contribution in [-0.2, 0) is 16.0 Å². The second-order valence-corrected chi connectivity index (χ2v) is 8.21. The summed E-state index contributed by atoms with van der Waals surface area (Å²) in [6.07, 6.45) is 2.39. The van der Waals surface area contributed by atoms with Crippen LogP contribution in [0, 0.1) is 6.92 Å². The maximum absolute atomic E-state index is 13.2. The minimum absolute atomic E-state index is 0.0289. The Balaban J connectivity index is 1.68. The van der Waals surface area contributed by atoms with Crippen molar-refractivity contribution in [1.82, 2.24) is 4.98 Å². The van der Waals surface area contributed by atoms with E-state index in [2.05, 4.69) is 4.98 Å². The third-order valence-corrected chi connectivity index (χ3v) is 5.89. The second-order valence-electron chi connectivity index (χ2n) is 8.21. The van der Waals surface area contributed by atoms with Gasteiger partial charge in [-0.15, -0.1) is 0 Å². The summed E-state index contributed by atoms with van der Waals surface area (Å²) < 4.78 is 5.74. The molecule has 0 saturated carbocycles. The van der Waals surface area contributed by atoms with Crippen molar-refractivity contribution in [2.45, 2.75) is 32.4 Å². The number of amides is 1. The Morgan fingerprint density at radius 3 is 2.59 bits per heavy atom. The highest BCUT2D eigenvalue weighted by molar-refractivity contribution is 6.51. The number of ketones is 1. The van der Waals surface area contributed by atoms with Crippen LogP contribution in [0.5, 0.6) is 5.75 Å². The average molecular weight is 426 g/mol. The van der Waals surface area contributed by atoms with Crippen LogP contribution < -0.4 is 9.64 Å². The van der Waals surface area contributed by atoms with E-state index in [9.17, 15) is 14.7 Å². The van der Waals surface area contributed by atoms with Crippen molar-refractivity contribution >= 4 is 23.1 Å². The van der Waals surface area contributed by atoms with Gasteiger partial charge in [-0.05, 0) is 61.9 Å². The number of aliphatic hydroxyl groups is 1. The fourth-order valence-corrected chi connectivity index (χ4v) is 4.35. The fraction of sp³-hybridized carbons (Fsp3) is 0.192. The highest BCUT2D eigenvalue weighted by atomic mass is 16.5. The molecule has 2 aliphatic heterocycles. The maximum atomic E-state index is 13.2. The second kappa shape index (κ2) is 7.64. The molecule has 2 aromatic carbocycles. The molecule has 1 aromatic heterocycles. The summed E-state index contributed by atoms with van der Waals surface area (Å²) in [5.41, 5.74) is 3.58. The summed E-state index contributed by atoms with van der Waals surface area (Å²) in [4.78, 5) is 32.1. The molecule has 32 heavy (non-hydrogen) atoms. The molecule has 2 atom stereocenters. The minimum atomic E-state index is -0.831. The highest BCUT2D eigenvalue weighted by Gasteiger charge is 2.47. The molecule has 1 saturated heterocycles. The molecule has 6 nitrogen and oxygen atoms in total. The number of pyridine rings is 1. The van der Waals surface area contributed by atoms with Crippen LogP contribution in [0.2, 0.25) is 0 Å². The average Bonchev–Trinajstić information content (AvgIpc) is 3.30. The summed E-state index contributed by atoms with van der Waals surface area (Å²) in [5, 5.41) is 11.3. The van der Waals surface area contributed by atoms with Gasteiger partial charge in [0.05, 0.1) is 11.3 Å². The molecule has 0 spiro atoms. The first-order valence-corrected chi connectivity index (χ1v) is 10.5. The largest absolute Gasteiger partial charge is 0.507 e. The van der Waals surface area contributed by atoms with Crippen LogP contribution in [0.3, 0.4) is 0 Å². The summed E-state index contributed by atoms with van der Waals surface area (Å²) >= 11 is 0. The molecule has 3 heterocycles. The summed E-state index contributed by atoms with van der Waals surface area (Å²) in [7, 11) is 0. The Morgan fingerprint density at radius 1 is 1.09 bits per heavy atom. The van der Waals surface area contributed by atoms with Gasteiger partial charge in [-0.2, -0.15) is 0 Å². The number of rotatable bonds is 3. The van der Waals surface area contributed by atoms with E-state index < -0.39 is 17.7 Å². The van der Waals surface area contributed by atoms with Gasteiger partial charge < -0.3 is 9.84 Å². The molecule has 2 aliphatic rings. The first-order chi connectivity index (χ1) is 15.4. The molecule has 3 aromatic rings. The van der Waals surface area contributed by atoms with E-state index in [0.29, 0.717) is 16.9 Å². The number of ether oxygens (including phenoxy) is 1. The molecule has 1 fully saturated rings. The molecular formula is C26H22N2O4. The number of carbonyl (C=O) groups is 2. The maximum Gasteiger partial charge on any atom is 0.300 e. The Labute approximate surface area is 185 Å². The normalized spacial score (nSPS) is 21.5. The van der Waals surface area contributed by atoms with E-state index in [-0.39, 0.29) is 17.4 Å². The lowest BCUT2D eigenvalue weighted by molar-refractivity contribution is -0.132. The van der Waals surface area contributed by atoms with Crippen molar-refractivity contribution in [3.63, 3.8) is 0 Å². The summed E-state index contributed by atoms with van der Waals surface area (Å²) in [6.45, 7) is 3.93. The molecule has 0 aliphatic carbocycles. The van der Waals surface area contributed by atoms with Crippen LogP contribution in [0.4, 0.5) is 5.69 Å². The molecule has 0 bridgehead atoms. The van der Waals surface area contributed by atoms with Gasteiger partial charge in [0, 0.05) is 23.9 Å². The lowest BCUT2D eigenvalue weighted by Crippen LogP contribution is -2.29. The van der Waals surface area contributed by atoms with E-state index in [1.54, 1.807) is 48.7 Å². The number of aryl methyl sites for hydroxylation is 1. The van der Waals surface area contributed by atoms with E-state index in [0.717, 1.165) is 23.3 Å². The van der Waals surface area contributed by atoms with Gasteiger partial charge in [0.15, 0.2) is 0 Å². The number of aromatic nitrogens is 1. The van der Waals surface area contributed by atoms with E-state index >= 15 is 0 Å². The number of nitrogens with zero attached hydrogens (tertiary/aromatic N) is 2. The fourth-order valence-electron chi connectivity index (χ4n) is 4.35. The molecule has 5 rings (SSSR count). The number of hydrogen-bond donors (Lipinski definition) is 1. The molecule has 1 N–H and O–H groups in total. The zero-order valence-corrected chi connectivity index (χ0v) is 17.8. The number of Topliss-reactive ketones (excluding diaryl/α,β-unsaturated/α-hetero) is 1. The predicted molar refractivity (Wildman–Crippen MR) is 120 cm³/mol. The van der Waals surface area contributed by atoms with Crippen molar-refractivity contribution in [2.75, 3.05) is 4.90 Å². The Hall–Kier alpha value is -3.93. The lowest BCUT2D eigenvalue weighted by Gasteiger charge is -2.24. The first-order valence-electron chi connectivity index (χ1n) is 10.5. The number of aliphatic hydroxyl groups excluding tert-OH is 1. The van der Waals surface area contributed by atoms with Crippen LogP contribution in [0.25, 0.3) is 5.76 Å².